The lowest BCUT2D eigenvalue weighted by Crippen LogP contribution is -1.86. The summed E-state index contributed by atoms with van der Waals surface area (Å²) < 4.78 is 0. The number of azo groups is 1. The molecule has 0 saturated carbocycles. The Morgan fingerprint density at radius 3 is 2.06 bits per heavy atom. The van der Waals surface area contributed by atoms with Crippen molar-refractivity contribution in [3.63, 3.8) is 0 Å². The fourth-order valence-corrected chi connectivity index (χ4v) is 1.45. The largest absolute Gasteiger partial charge is 0.399 e. The average Bonchev–Trinajstić information content (AvgIpc) is 2.33. The number of benzene rings is 2. The van der Waals surface area contributed by atoms with Gasteiger partial charge >= 0.3 is 0 Å². The number of rotatable bonds is 2. The molecule has 0 saturated heterocycles. The molecule has 0 bridgehead atoms. The molecule has 17 heavy (non-hydrogen) atoms. The van der Waals surface area contributed by atoms with Crippen molar-refractivity contribution in [2.45, 2.75) is 13.8 Å². The zero-order valence-electron chi connectivity index (χ0n) is 10.0. The summed E-state index contributed by atoms with van der Waals surface area (Å²) in [4.78, 5) is 0. The van der Waals surface area contributed by atoms with Crippen molar-refractivity contribution in [1.82, 2.24) is 0 Å². The summed E-state index contributed by atoms with van der Waals surface area (Å²) in [6.07, 6.45) is 0. The van der Waals surface area contributed by atoms with Crippen molar-refractivity contribution in [2.75, 3.05) is 5.73 Å². The lowest BCUT2D eigenvalue weighted by molar-refractivity contribution is 1.22. The van der Waals surface area contributed by atoms with E-state index in [1.54, 1.807) is 0 Å². The summed E-state index contributed by atoms with van der Waals surface area (Å²) in [5.41, 5.74) is 10.4. The number of hydrogen-bond donors (Lipinski definition) is 1. The molecular formula is C14H15N3. The highest BCUT2D eigenvalue weighted by Gasteiger charge is 1.95. The number of anilines is 1. The van der Waals surface area contributed by atoms with Gasteiger partial charge in [0, 0.05) is 5.69 Å². The van der Waals surface area contributed by atoms with E-state index in [0.29, 0.717) is 0 Å². The minimum absolute atomic E-state index is 0.777. The van der Waals surface area contributed by atoms with Crippen LogP contribution in [0.5, 0.6) is 0 Å². The summed E-state index contributed by atoms with van der Waals surface area (Å²) in [6.45, 7) is 4.00. The third-order valence-electron chi connectivity index (χ3n) is 2.57. The standard InChI is InChI=1S/C14H15N3/c1-10-3-5-12(6-4-10)16-17-13-7-8-14(15)11(2)9-13/h3-9H,15H2,1-2H3/b17-16+. The second-order valence-electron chi connectivity index (χ2n) is 4.08. The lowest BCUT2D eigenvalue weighted by atomic mass is 10.2. The second kappa shape index (κ2) is 4.78. The van der Waals surface area contributed by atoms with E-state index < -0.39 is 0 Å². The minimum Gasteiger partial charge on any atom is -0.399 e. The van der Waals surface area contributed by atoms with Gasteiger partial charge in [-0.1, -0.05) is 17.7 Å². The van der Waals surface area contributed by atoms with Crippen molar-refractivity contribution < 1.29 is 0 Å². The Balaban J connectivity index is 2.20. The molecule has 0 radical (unpaired) electrons. The number of hydrogen-bond acceptors (Lipinski definition) is 3. The first-order chi connectivity index (χ1) is 8.15. The quantitative estimate of drug-likeness (QED) is 0.601. The molecule has 2 aromatic carbocycles. The van der Waals surface area contributed by atoms with Gasteiger partial charge in [0.25, 0.3) is 0 Å². The van der Waals surface area contributed by atoms with Gasteiger partial charge in [-0.2, -0.15) is 10.2 Å². The van der Waals surface area contributed by atoms with Gasteiger partial charge in [-0.15, -0.1) is 0 Å². The van der Waals surface area contributed by atoms with Crippen LogP contribution < -0.4 is 5.73 Å². The predicted molar refractivity (Wildman–Crippen MR) is 70.9 cm³/mol. The van der Waals surface area contributed by atoms with Crippen LogP contribution in [0.25, 0.3) is 0 Å². The molecule has 2 N–H and O–H groups in total. The van der Waals surface area contributed by atoms with Crippen LogP contribution in [0.3, 0.4) is 0 Å². The molecule has 0 atom stereocenters. The Kier molecular flexibility index (Phi) is 3.19. The van der Waals surface area contributed by atoms with Crippen LogP contribution in [0.15, 0.2) is 52.7 Å². The predicted octanol–water partition coefficient (Wildman–Crippen LogP) is 4.30. The first-order valence-corrected chi connectivity index (χ1v) is 5.50. The fourth-order valence-electron chi connectivity index (χ4n) is 1.45. The molecule has 0 unspecified atom stereocenters. The Hall–Kier alpha value is -2.16. The molecule has 3 heteroatoms. The number of nitrogens with zero attached hydrogens (tertiary/aromatic N) is 2. The van der Waals surface area contributed by atoms with Gasteiger partial charge in [0.15, 0.2) is 0 Å². The van der Waals surface area contributed by atoms with E-state index in [0.717, 1.165) is 22.6 Å². The summed E-state index contributed by atoms with van der Waals surface area (Å²) in [6, 6.07) is 13.6. The molecule has 0 amide bonds. The van der Waals surface area contributed by atoms with Crippen LogP contribution >= 0.6 is 0 Å². The van der Waals surface area contributed by atoms with Crippen molar-refractivity contribution in [1.29, 1.82) is 0 Å². The highest BCUT2D eigenvalue weighted by molar-refractivity contribution is 5.54. The SMILES string of the molecule is Cc1ccc(/N=N/c2ccc(N)c(C)c2)cc1. The van der Waals surface area contributed by atoms with E-state index in [4.69, 9.17) is 5.73 Å². The van der Waals surface area contributed by atoms with Gasteiger partial charge in [0.1, 0.15) is 0 Å². The normalized spacial score (nSPS) is 10.9. The summed E-state index contributed by atoms with van der Waals surface area (Å²) in [5.74, 6) is 0. The third kappa shape index (κ3) is 2.91. The van der Waals surface area contributed by atoms with Crippen molar-refractivity contribution >= 4 is 17.1 Å². The van der Waals surface area contributed by atoms with Crippen LogP contribution in [-0.2, 0) is 0 Å². The lowest BCUT2D eigenvalue weighted by Gasteiger charge is -1.99. The van der Waals surface area contributed by atoms with Crippen LogP contribution in [-0.4, -0.2) is 0 Å². The molecule has 3 nitrogen and oxygen atoms in total. The molecule has 0 heterocycles. The highest BCUT2D eigenvalue weighted by Crippen LogP contribution is 2.22. The van der Waals surface area contributed by atoms with E-state index in [-0.39, 0.29) is 0 Å². The fraction of sp³-hybridized carbons (Fsp3) is 0.143. The third-order valence-corrected chi connectivity index (χ3v) is 2.57. The number of nitrogens with two attached hydrogens (primary N) is 1. The van der Waals surface area contributed by atoms with E-state index in [1.807, 2.05) is 56.3 Å². The first kappa shape index (κ1) is 11.3. The number of aryl methyl sites for hydroxylation is 2. The maximum Gasteiger partial charge on any atom is 0.0861 e. The summed E-state index contributed by atoms with van der Waals surface area (Å²) in [7, 11) is 0. The minimum atomic E-state index is 0.777. The average molecular weight is 225 g/mol. The molecule has 2 aromatic rings. The van der Waals surface area contributed by atoms with E-state index in [9.17, 15) is 0 Å². The van der Waals surface area contributed by atoms with Gasteiger partial charge in [0.05, 0.1) is 11.4 Å². The Morgan fingerprint density at radius 1 is 0.824 bits per heavy atom. The maximum atomic E-state index is 5.74. The Labute approximate surface area is 101 Å². The van der Waals surface area contributed by atoms with Gasteiger partial charge in [-0.3, -0.25) is 0 Å². The van der Waals surface area contributed by atoms with Crippen LogP contribution in [0, 0.1) is 13.8 Å². The number of nitrogen functional groups attached to an aromatic ring is 1. The Morgan fingerprint density at radius 2 is 1.41 bits per heavy atom. The molecular weight excluding hydrogens is 210 g/mol. The van der Waals surface area contributed by atoms with Crippen LogP contribution in [0.1, 0.15) is 11.1 Å². The molecule has 0 aliphatic rings. The summed E-state index contributed by atoms with van der Waals surface area (Å²) >= 11 is 0. The zero-order valence-corrected chi connectivity index (χ0v) is 10.0. The van der Waals surface area contributed by atoms with Crippen molar-refractivity contribution in [3.8, 4) is 0 Å². The molecule has 0 spiro atoms. The second-order valence-corrected chi connectivity index (χ2v) is 4.08. The monoisotopic (exact) mass is 225 g/mol. The molecule has 0 aliphatic carbocycles. The van der Waals surface area contributed by atoms with Crippen molar-refractivity contribution in [3.05, 3.63) is 53.6 Å². The molecule has 0 fully saturated rings. The van der Waals surface area contributed by atoms with Crippen LogP contribution in [0.4, 0.5) is 17.1 Å². The smallest absolute Gasteiger partial charge is 0.0861 e. The topological polar surface area (TPSA) is 50.7 Å². The van der Waals surface area contributed by atoms with Crippen molar-refractivity contribution in [2.24, 2.45) is 10.2 Å². The molecule has 0 aromatic heterocycles. The van der Waals surface area contributed by atoms with Crippen LogP contribution in [0.2, 0.25) is 0 Å². The van der Waals surface area contributed by atoms with Gasteiger partial charge < -0.3 is 5.73 Å². The van der Waals surface area contributed by atoms with Gasteiger partial charge in [-0.25, -0.2) is 0 Å². The zero-order chi connectivity index (χ0) is 12.3. The Bertz CT molecular complexity index is 542. The van der Waals surface area contributed by atoms with Gasteiger partial charge in [-0.05, 0) is 49.7 Å². The van der Waals surface area contributed by atoms with E-state index in [1.165, 1.54) is 5.56 Å². The molecule has 2 rings (SSSR count). The highest BCUT2D eigenvalue weighted by atomic mass is 15.1. The maximum absolute atomic E-state index is 5.74. The van der Waals surface area contributed by atoms with E-state index in [2.05, 4.69) is 10.2 Å². The van der Waals surface area contributed by atoms with E-state index >= 15 is 0 Å². The van der Waals surface area contributed by atoms with Gasteiger partial charge in [0.2, 0.25) is 0 Å². The summed E-state index contributed by atoms with van der Waals surface area (Å²) in [5, 5.41) is 8.35. The molecule has 86 valence electrons. The first-order valence-electron chi connectivity index (χ1n) is 5.50. The molecule has 0 aliphatic heterocycles.